The van der Waals surface area contributed by atoms with Crippen molar-refractivity contribution in [2.45, 2.75) is 12.9 Å². The molecule has 0 aliphatic heterocycles. The molecule has 0 aliphatic carbocycles. The summed E-state index contributed by atoms with van der Waals surface area (Å²) in [5, 5.41) is 2.60. The number of hydrogen-bond acceptors (Lipinski definition) is 5. The van der Waals surface area contributed by atoms with Crippen molar-refractivity contribution in [1.29, 1.82) is 0 Å². The van der Waals surface area contributed by atoms with Crippen LogP contribution in [-0.2, 0) is 6.54 Å². The predicted octanol–water partition coefficient (Wildman–Crippen LogP) is 3.54. The number of aliphatic imine (C=N–C) groups is 1. The van der Waals surface area contributed by atoms with Crippen LogP contribution in [0.15, 0.2) is 41.4 Å². The van der Waals surface area contributed by atoms with E-state index in [9.17, 15) is 13.2 Å². The first-order valence-corrected chi connectivity index (χ1v) is 7.98. The topological polar surface area (TPSA) is 87.3 Å². The molecule has 2 aromatic rings. The highest BCUT2D eigenvalue weighted by molar-refractivity contribution is 5.93. The number of methoxy groups -OCH3 is 3. The molecule has 0 bridgehead atoms. The van der Waals surface area contributed by atoms with Crippen LogP contribution in [0.5, 0.6) is 23.0 Å². The van der Waals surface area contributed by atoms with Gasteiger partial charge >= 0.3 is 6.36 Å². The molecule has 10 heteroatoms. The number of rotatable bonds is 7. The van der Waals surface area contributed by atoms with E-state index in [2.05, 4.69) is 15.0 Å². The SMILES string of the molecule is COc1cc(OC)c(OC)cc1CN=C(N)Nc1ccccc1OC(F)(F)F. The van der Waals surface area contributed by atoms with E-state index in [-0.39, 0.29) is 18.2 Å². The maximum absolute atomic E-state index is 12.5. The minimum absolute atomic E-state index is 0.0281. The van der Waals surface area contributed by atoms with Crippen LogP contribution in [0.2, 0.25) is 0 Å². The molecule has 0 spiro atoms. The summed E-state index contributed by atoms with van der Waals surface area (Å²) in [7, 11) is 4.48. The molecule has 2 aromatic carbocycles. The fraction of sp³-hybridized carbons (Fsp3) is 0.278. The highest BCUT2D eigenvalue weighted by atomic mass is 19.4. The average Bonchev–Trinajstić information content (AvgIpc) is 2.66. The van der Waals surface area contributed by atoms with Gasteiger partial charge in [-0.05, 0) is 18.2 Å². The highest BCUT2D eigenvalue weighted by Crippen LogP contribution is 2.35. The lowest BCUT2D eigenvalue weighted by Gasteiger charge is -2.15. The van der Waals surface area contributed by atoms with Crippen LogP contribution < -0.4 is 30.0 Å². The molecular formula is C18H20F3N3O4. The van der Waals surface area contributed by atoms with Gasteiger partial charge in [-0.2, -0.15) is 0 Å². The van der Waals surface area contributed by atoms with E-state index in [0.717, 1.165) is 0 Å². The lowest BCUT2D eigenvalue weighted by atomic mass is 10.1. The Morgan fingerprint density at radius 2 is 1.57 bits per heavy atom. The molecule has 0 atom stereocenters. The van der Waals surface area contributed by atoms with Crippen molar-refractivity contribution in [2.75, 3.05) is 26.6 Å². The first kappa shape index (κ1) is 21.0. The third-order valence-electron chi connectivity index (χ3n) is 3.58. The van der Waals surface area contributed by atoms with Crippen molar-refractivity contribution in [2.24, 2.45) is 10.7 Å². The quantitative estimate of drug-likeness (QED) is 0.547. The van der Waals surface area contributed by atoms with Gasteiger partial charge in [0, 0.05) is 11.6 Å². The van der Waals surface area contributed by atoms with Crippen LogP contribution in [0, 0.1) is 0 Å². The Kier molecular flexibility index (Phi) is 6.80. The summed E-state index contributed by atoms with van der Waals surface area (Å²) in [6, 6.07) is 8.82. The van der Waals surface area contributed by atoms with E-state index >= 15 is 0 Å². The van der Waals surface area contributed by atoms with E-state index in [1.165, 1.54) is 45.6 Å². The Balaban J connectivity index is 2.20. The van der Waals surface area contributed by atoms with Crippen molar-refractivity contribution < 1.29 is 32.1 Å². The van der Waals surface area contributed by atoms with Crippen LogP contribution >= 0.6 is 0 Å². The van der Waals surface area contributed by atoms with Gasteiger partial charge in [-0.25, -0.2) is 4.99 Å². The maximum atomic E-state index is 12.5. The molecule has 0 unspecified atom stereocenters. The fourth-order valence-corrected chi connectivity index (χ4v) is 2.35. The molecule has 0 heterocycles. The number of para-hydroxylation sites is 2. The van der Waals surface area contributed by atoms with Crippen molar-refractivity contribution in [3.8, 4) is 23.0 Å². The molecule has 28 heavy (non-hydrogen) atoms. The smallest absolute Gasteiger partial charge is 0.496 e. The van der Waals surface area contributed by atoms with Crippen molar-refractivity contribution in [1.82, 2.24) is 0 Å². The highest BCUT2D eigenvalue weighted by Gasteiger charge is 2.32. The molecule has 0 aromatic heterocycles. The number of guanidine groups is 1. The zero-order chi connectivity index (χ0) is 20.7. The van der Waals surface area contributed by atoms with Gasteiger partial charge in [-0.3, -0.25) is 0 Å². The molecule has 7 nitrogen and oxygen atoms in total. The number of nitrogens with two attached hydrogens (primary N) is 1. The van der Waals surface area contributed by atoms with Gasteiger partial charge in [0.05, 0.1) is 33.6 Å². The first-order valence-electron chi connectivity index (χ1n) is 7.98. The summed E-state index contributed by atoms with van der Waals surface area (Å²) in [5.74, 6) is 0.933. The molecule has 0 radical (unpaired) electrons. The van der Waals surface area contributed by atoms with Gasteiger partial charge in [0.15, 0.2) is 23.2 Å². The minimum atomic E-state index is -4.82. The summed E-state index contributed by atoms with van der Waals surface area (Å²) in [6.07, 6.45) is -4.82. The van der Waals surface area contributed by atoms with Gasteiger partial charge in [-0.1, -0.05) is 12.1 Å². The van der Waals surface area contributed by atoms with Gasteiger partial charge in [-0.15, -0.1) is 13.2 Å². The second kappa shape index (κ2) is 9.07. The minimum Gasteiger partial charge on any atom is -0.496 e. The normalized spacial score (nSPS) is 11.7. The number of ether oxygens (including phenoxy) is 4. The Labute approximate surface area is 159 Å². The maximum Gasteiger partial charge on any atom is 0.573 e. The summed E-state index contributed by atoms with van der Waals surface area (Å²) in [6.45, 7) is 0.0880. The van der Waals surface area contributed by atoms with E-state index in [1.54, 1.807) is 12.1 Å². The van der Waals surface area contributed by atoms with Crippen molar-refractivity contribution >= 4 is 11.6 Å². The van der Waals surface area contributed by atoms with Gasteiger partial charge < -0.3 is 30.0 Å². The molecule has 0 fully saturated rings. The monoisotopic (exact) mass is 399 g/mol. The van der Waals surface area contributed by atoms with Gasteiger partial charge in [0.1, 0.15) is 5.75 Å². The van der Waals surface area contributed by atoms with Crippen LogP contribution in [0.3, 0.4) is 0 Å². The number of nitrogens with zero attached hydrogens (tertiary/aromatic N) is 1. The Hall–Kier alpha value is -3.30. The van der Waals surface area contributed by atoms with Crippen LogP contribution in [0.4, 0.5) is 18.9 Å². The summed E-state index contributed by atoms with van der Waals surface area (Å²) < 4.78 is 57.2. The van der Waals surface area contributed by atoms with Crippen LogP contribution in [0.1, 0.15) is 5.56 Å². The van der Waals surface area contributed by atoms with Gasteiger partial charge in [0.25, 0.3) is 0 Å². The summed E-state index contributed by atoms with van der Waals surface area (Å²) in [5.41, 5.74) is 6.48. The molecule has 0 aliphatic rings. The van der Waals surface area contributed by atoms with E-state index < -0.39 is 12.1 Å². The van der Waals surface area contributed by atoms with E-state index in [1.807, 2.05) is 0 Å². The number of hydrogen-bond donors (Lipinski definition) is 2. The summed E-state index contributed by atoms with van der Waals surface area (Å²) in [4.78, 5) is 4.14. The van der Waals surface area contributed by atoms with Crippen LogP contribution in [0.25, 0.3) is 0 Å². The predicted molar refractivity (Wildman–Crippen MR) is 98.2 cm³/mol. The molecule has 3 N–H and O–H groups in total. The largest absolute Gasteiger partial charge is 0.573 e. The zero-order valence-electron chi connectivity index (χ0n) is 15.5. The van der Waals surface area contributed by atoms with E-state index in [0.29, 0.717) is 22.8 Å². The molecule has 0 saturated carbocycles. The third kappa shape index (κ3) is 5.60. The standard InChI is InChI=1S/C18H20F3N3O4/c1-25-14-9-16(27-3)15(26-2)8-11(14)10-23-17(22)24-12-6-4-5-7-13(12)28-18(19,20)21/h4-9H,10H2,1-3H3,(H3,22,23,24). The first-order chi connectivity index (χ1) is 13.3. The molecular weight excluding hydrogens is 379 g/mol. The fourth-order valence-electron chi connectivity index (χ4n) is 2.35. The lowest BCUT2D eigenvalue weighted by Crippen LogP contribution is -2.24. The Bertz CT molecular complexity index is 841. The number of halogens is 3. The molecule has 2 rings (SSSR count). The summed E-state index contributed by atoms with van der Waals surface area (Å²) >= 11 is 0. The van der Waals surface area contributed by atoms with Crippen molar-refractivity contribution in [3.63, 3.8) is 0 Å². The van der Waals surface area contributed by atoms with Crippen molar-refractivity contribution in [3.05, 3.63) is 42.0 Å². The Morgan fingerprint density at radius 1 is 0.964 bits per heavy atom. The average molecular weight is 399 g/mol. The van der Waals surface area contributed by atoms with E-state index in [4.69, 9.17) is 19.9 Å². The number of anilines is 1. The number of alkyl halides is 3. The van der Waals surface area contributed by atoms with Gasteiger partial charge in [0.2, 0.25) is 0 Å². The number of benzene rings is 2. The second-order valence-corrected chi connectivity index (χ2v) is 5.39. The van der Waals surface area contributed by atoms with Crippen LogP contribution in [-0.4, -0.2) is 33.7 Å². The molecule has 0 amide bonds. The molecule has 0 saturated heterocycles. The zero-order valence-corrected chi connectivity index (χ0v) is 15.5. The third-order valence-corrected chi connectivity index (χ3v) is 3.58. The molecule has 152 valence electrons. The Morgan fingerprint density at radius 3 is 2.18 bits per heavy atom. The number of nitrogens with one attached hydrogen (secondary N) is 1. The lowest BCUT2D eigenvalue weighted by molar-refractivity contribution is -0.274. The second-order valence-electron chi connectivity index (χ2n) is 5.39.